The van der Waals surface area contributed by atoms with Crippen molar-refractivity contribution in [2.75, 3.05) is 0 Å². The van der Waals surface area contributed by atoms with E-state index in [2.05, 4.69) is 0 Å². The van der Waals surface area contributed by atoms with Crippen LogP contribution in [0.25, 0.3) is 4.91 Å². The average Bonchev–Trinajstić information content (AvgIpc) is 2.69. The summed E-state index contributed by atoms with van der Waals surface area (Å²) >= 11 is -0.545. The highest BCUT2D eigenvalue weighted by atomic mass is 127. The third-order valence-corrected chi connectivity index (χ3v) is 8.31. The fraction of sp³-hybridized carbons (Fsp3) is 0.0476. The zero-order valence-corrected chi connectivity index (χ0v) is 18.8. The second-order valence-corrected chi connectivity index (χ2v) is 10.5. The average molecular weight is 548 g/mol. The molecule has 0 fully saturated rings. The maximum absolute atomic E-state index is 13.2. The van der Waals surface area contributed by atoms with Gasteiger partial charge in [-0.3, -0.25) is 0 Å². The maximum Gasteiger partial charge on any atom is 0.673 e. The van der Waals surface area contributed by atoms with Gasteiger partial charge in [0.2, 0.25) is 9.84 Å². The summed E-state index contributed by atoms with van der Waals surface area (Å²) < 4.78 is 68.5. The van der Waals surface area contributed by atoms with Gasteiger partial charge in [-0.25, -0.2) is 8.42 Å². The summed E-state index contributed by atoms with van der Waals surface area (Å²) in [5, 5.41) is 0. The van der Waals surface area contributed by atoms with Gasteiger partial charge in [0.15, 0.2) is 7.65 Å². The number of benzene rings is 3. The van der Waals surface area contributed by atoms with E-state index in [4.69, 9.17) is 0 Å². The van der Waals surface area contributed by atoms with Crippen molar-refractivity contribution < 1.29 is 46.9 Å². The van der Waals surface area contributed by atoms with Crippen LogP contribution in [0.3, 0.4) is 0 Å². The Morgan fingerprint density at radius 2 is 1.27 bits per heavy atom. The van der Waals surface area contributed by atoms with E-state index in [1.165, 1.54) is 3.57 Å². The molecule has 0 unspecified atom stereocenters. The molecule has 0 aliphatic rings. The molecule has 30 heavy (non-hydrogen) atoms. The van der Waals surface area contributed by atoms with Crippen LogP contribution in [0.1, 0.15) is 11.1 Å². The minimum Gasteiger partial charge on any atom is -0.418 e. The highest BCUT2D eigenvalue weighted by Crippen LogP contribution is 2.26. The lowest BCUT2D eigenvalue weighted by atomic mass is 10.2. The van der Waals surface area contributed by atoms with Gasteiger partial charge in [-0.15, -0.1) is 0 Å². The van der Waals surface area contributed by atoms with Crippen LogP contribution >= 0.6 is 0 Å². The van der Waals surface area contributed by atoms with Gasteiger partial charge in [0.1, 0.15) is 4.91 Å². The lowest BCUT2D eigenvalue weighted by Gasteiger charge is -2.07. The molecule has 0 amide bonds. The fourth-order valence-electron chi connectivity index (χ4n) is 2.32. The molecule has 3 aromatic rings. The van der Waals surface area contributed by atoms with Crippen molar-refractivity contribution in [3.8, 4) is 0 Å². The second-order valence-electron chi connectivity index (χ2n) is 6.06. The van der Waals surface area contributed by atoms with Crippen molar-refractivity contribution in [3.05, 3.63) is 104 Å². The van der Waals surface area contributed by atoms with Gasteiger partial charge >= 0.3 is 28.5 Å². The highest BCUT2D eigenvalue weighted by Gasteiger charge is 2.26. The van der Waals surface area contributed by atoms with Gasteiger partial charge in [0.05, 0.1) is 4.90 Å². The van der Waals surface area contributed by atoms with Gasteiger partial charge in [0, 0.05) is 0 Å². The third kappa shape index (κ3) is 7.94. The molecule has 3 rings (SSSR count). The summed E-state index contributed by atoms with van der Waals surface area (Å²) in [6.45, 7) is 1.95. The Balaban J connectivity index is 0.000000575. The normalized spacial score (nSPS) is 12.1. The molecule has 0 N–H and O–H groups in total. The Labute approximate surface area is 183 Å². The first kappa shape index (κ1) is 24.1. The number of hydrogen-bond acceptors (Lipinski definition) is 2. The molecule has 0 aliphatic carbocycles. The summed E-state index contributed by atoms with van der Waals surface area (Å²) in [4.78, 5) is 0.735. The molecule has 3 aromatic carbocycles. The molecule has 0 heterocycles. The Bertz CT molecular complexity index is 1060. The van der Waals surface area contributed by atoms with E-state index in [-0.39, 0.29) is 0 Å². The Kier molecular flexibility index (Phi) is 8.66. The van der Waals surface area contributed by atoms with E-state index < -0.39 is 38.3 Å². The van der Waals surface area contributed by atoms with E-state index in [9.17, 15) is 25.7 Å². The molecule has 0 saturated carbocycles. The quantitative estimate of drug-likeness (QED) is 0.280. The Morgan fingerprint density at radius 3 is 1.77 bits per heavy atom. The van der Waals surface area contributed by atoms with Gasteiger partial charge in [0.25, 0.3) is 0 Å². The SMILES string of the molecule is Cc1ccc(S(=O)(=O)C(=C[I+]c2ccccc2)c2ccccc2)cc1.F[B-](F)(F)F. The molecular weight excluding hydrogens is 530 g/mol. The summed E-state index contributed by atoms with van der Waals surface area (Å²) in [7, 11) is -9.55. The zero-order valence-electron chi connectivity index (χ0n) is 15.9. The van der Waals surface area contributed by atoms with Gasteiger partial charge < -0.3 is 17.3 Å². The lowest BCUT2D eigenvalue weighted by Crippen LogP contribution is -3.59. The molecule has 0 aliphatic heterocycles. The predicted octanol–water partition coefficient (Wildman–Crippen LogP) is 3.03. The van der Waals surface area contributed by atoms with Crippen LogP contribution in [0, 0.1) is 10.5 Å². The summed E-state index contributed by atoms with van der Waals surface area (Å²) in [6.07, 6.45) is 0. The summed E-state index contributed by atoms with van der Waals surface area (Å²) in [5.74, 6) is 0. The van der Waals surface area contributed by atoms with E-state index in [0.717, 1.165) is 11.1 Å². The number of aryl methyl sites for hydroxylation is 1. The first-order chi connectivity index (χ1) is 14.1. The van der Waals surface area contributed by atoms with Crippen LogP contribution in [0.2, 0.25) is 0 Å². The second kappa shape index (κ2) is 10.8. The maximum atomic E-state index is 13.2. The Hall–Kier alpha value is -2.14. The van der Waals surface area contributed by atoms with Crippen LogP contribution in [0.15, 0.2) is 93.9 Å². The molecule has 2 nitrogen and oxygen atoms in total. The monoisotopic (exact) mass is 548 g/mol. The largest absolute Gasteiger partial charge is 0.673 e. The predicted molar refractivity (Wildman–Crippen MR) is 108 cm³/mol. The van der Waals surface area contributed by atoms with Crippen LogP contribution in [-0.4, -0.2) is 15.7 Å². The van der Waals surface area contributed by atoms with Crippen LogP contribution in [0.4, 0.5) is 17.3 Å². The van der Waals surface area contributed by atoms with Gasteiger partial charge in [-0.2, -0.15) is 0 Å². The van der Waals surface area contributed by atoms with Crippen LogP contribution < -0.4 is 21.2 Å². The number of sulfone groups is 1. The lowest BCUT2D eigenvalue weighted by molar-refractivity contribution is -0.555. The van der Waals surface area contributed by atoms with Crippen LogP contribution in [-0.2, 0) is 9.84 Å². The molecule has 158 valence electrons. The van der Waals surface area contributed by atoms with Gasteiger partial charge in [-0.1, -0.05) is 66.2 Å². The van der Waals surface area contributed by atoms with Gasteiger partial charge in [-0.05, 0) is 36.8 Å². The molecule has 0 saturated heterocycles. The molecule has 0 aromatic heterocycles. The Morgan fingerprint density at radius 1 is 0.800 bits per heavy atom. The minimum atomic E-state index is -6.00. The smallest absolute Gasteiger partial charge is 0.418 e. The molecule has 0 bridgehead atoms. The van der Waals surface area contributed by atoms with Crippen molar-refractivity contribution in [2.24, 2.45) is 0 Å². The van der Waals surface area contributed by atoms with Crippen molar-refractivity contribution in [1.29, 1.82) is 0 Å². The molecule has 9 heteroatoms. The number of rotatable bonds is 5. The van der Waals surface area contributed by atoms with Crippen molar-refractivity contribution >= 4 is 22.0 Å². The van der Waals surface area contributed by atoms with E-state index in [1.807, 2.05) is 83.8 Å². The number of hydrogen-bond donors (Lipinski definition) is 0. The molecule has 0 radical (unpaired) electrons. The van der Waals surface area contributed by atoms with Crippen LogP contribution in [0.5, 0.6) is 0 Å². The van der Waals surface area contributed by atoms with E-state index in [0.29, 0.717) is 9.80 Å². The van der Waals surface area contributed by atoms with Crippen molar-refractivity contribution in [3.63, 3.8) is 0 Å². The summed E-state index contributed by atoms with van der Waals surface area (Å²) in [5.41, 5.74) is 1.78. The van der Waals surface area contributed by atoms with E-state index >= 15 is 0 Å². The third-order valence-electron chi connectivity index (χ3n) is 3.69. The van der Waals surface area contributed by atoms with E-state index in [1.54, 1.807) is 12.1 Å². The summed E-state index contributed by atoms with van der Waals surface area (Å²) in [6, 6.07) is 26.4. The minimum absolute atomic E-state index is 0.338. The highest BCUT2D eigenvalue weighted by molar-refractivity contribution is 8.00. The first-order valence-electron chi connectivity index (χ1n) is 8.70. The standard InChI is InChI=1S/C21H18IO2S.BF4/c1-17-12-14-20(15-13-17)25(23,24)21(18-8-4-2-5-9-18)16-22-19-10-6-3-7-11-19;2-1(3,4)5/h2-16H,1H3;/q+1;-1. The molecular formula is C21H18BF4IO2S. The van der Waals surface area contributed by atoms with Crippen molar-refractivity contribution in [2.45, 2.75) is 11.8 Å². The number of halogens is 5. The first-order valence-corrected chi connectivity index (χ1v) is 12.5. The topological polar surface area (TPSA) is 34.1 Å². The van der Waals surface area contributed by atoms with Crippen molar-refractivity contribution in [1.82, 2.24) is 0 Å². The fourth-order valence-corrected chi connectivity index (χ4v) is 6.77. The molecule has 0 atom stereocenters. The molecule has 0 spiro atoms. The zero-order chi connectivity index (χ0) is 22.2.